The zero-order chi connectivity index (χ0) is 11.8. The van der Waals surface area contributed by atoms with Gasteiger partial charge < -0.3 is 9.47 Å². The van der Waals surface area contributed by atoms with Crippen LogP contribution in [0, 0.1) is 6.92 Å². The van der Waals surface area contributed by atoms with Crippen LogP contribution in [0.1, 0.15) is 23.6 Å². The Morgan fingerprint density at radius 3 is 2.69 bits per heavy atom. The van der Waals surface area contributed by atoms with Gasteiger partial charge in [0.2, 0.25) is 0 Å². The van der Waals surface area contributed by atoms with E-state index in [9.17, 15) is 4.79 Å². The lowest BCUT2D eigenvalue weighted by Crippen LogP contribution is -2.32. The third-order valence-corrected chi connectivity index (χ3v) is 2.99. The Labute approximate surface area is 95.4 Å². The van der Waals surface area contributed by atoms with Crippen molar-refractivity contribution in [3.05, 3.63) is 34.9 Å². The van der Waals surface area contributed by atoms with Gasteiger partial charge in [-0.2, -0.15) is 0 Å². The molecule has 86 valence electrons. The molecule has 0 amide bonds. The maximum absolute atomic E-state index is 11.1. The summed E-state index contributed by atoms with van der Waals surface area (Å²) in [6, 6.07) is 6.35. The van der Waals surface area contributed by atoms with Gasteiger partial charge in [0.05, 0.1) is 7.11 Å². The molecule has 1 atom stereocenters. The van der Waals surface area contributed by atoms with Crippen molar-refractivity contribution < 1.29 is 14.3 Å². The average molecular weight is 220 g/mol. The van der Waals surface area contributed by atoms with E-state index in [4.69, 9.17) is 4.74 Å². The summed E-state index contributed by atoms with van der Waals surface area (Å²) in [5.74, 6) is 0. The molecule has 1 aromatic carbocycles. The van der Waals surface area contributed by atoms with Crippen molar-refractivity contribution in [2.24, 2.45) is 0 Å². The van der Waals surface area contributed by atoms with Crippen molar-refractivity contribution in [1.82, 2.24) is 0 Å². The molecule has 0 spiro atoms. The van der Waals surface area contributed by atoms with Crippen LogP contribution in [-0.4, -0.2) is 18.9 Å². The van der Waals surface area contributed by atoms with Crippen LogP contribution >= 0.6 is 0 Å². The highest BCUT2D eigenvalue weighted by molar-refractivity contribution is 5.60. The van der Waals surface area contributed by atoms with Gasteiger partial charge in [0.25, 0.3) is 0 Å². The fourth-order valence-corrected chi connectivity index (χ4v) is 2.27. The lowest BCUT2D eigenvalue weighted by Gasteiger charge is -2.22. The van der Waals surface area contributed by atoms with Crippen molar-refractivity contribution in [2.45, 2.75) is 32.3 Å². The van der Waals surface area contributed by atoms with Crippen molar-refractivity contribution in [3.63, 3.8) is 0 Å². The lowest BCUT2D eigenvalue weighted by atomic mass is 10.0. The summed E-state index contributed by atoms with van der Waals surface area (Å²) in [4.78, 5) is 11.1. The Morgan fingerprint density at radius 1 is 1.31 bits per heavy atom. The average Bonchev–Trinajstić information content (AvgIpc) is 2.53. The van der Waals surface area contributed by atoms with Gasteiger partial charge in [0.15, 0.2) is 0 Å². The summed E-state index contributed by atoms with van der Waals surface area (Å²) in [7, 11) is 1.33. The second-order valence-electron chi connectivity index (χ2n) is 4.63. The Bertz CT molecular complexity index is 425. The minimum Gasteiger partial charge on any atom is -0.438 e. The summed E-state index contributed by atoms with van der Waals surface area (Å²) in [5, 5.41) is 0. The van der Waals surface area contributed by atoms with E-state index in [-0.39, 0.29) is 0 Å². The molecule has 1 aliphatic carbocycles. The first kappa shape index (κ1) is 11.0. The number of carbonyl (C=O) groups excluding carboxylic acids is 1. The second-order valence-corrected chi connectivity index (χ2v) is 4.63. The number of benzene rings is 1. The predicted molar refractivity (Wildman–Crippen MR) is 60.5 cm³/mol. The van der Waals surface area contributed by atoms with Crippen LogP contribution in [0.5, 0.6) is 0 Å². The van der Waals surface area contributed by atoms with Gasteiger partial charge in [-0.15, -0.1) is 0 Å². The number of hydrogen-bond acceptors (Lipinski definition) is 3. The lowest BCUT2D eigenvalue weighted by molar-refractivity contribution is -0.0112. The highest BCUT2D eigenvalue weighted by Crippen LogP contribution is 2.33. The predicted octanol–water partition coefficient (Wildman–Crippen LogP) is 2.64. The third-order valence-electron chi connectivity index (χ3n) is 2.99. The Morgan fingerprint density at radius 2 is 2.00 bits per heavy atom. The van der Waals surface area contributed by atoms with E-state index < -0.39 is 11.8 Å². The number of methoxy groups -OCH3 is 1. The van der Waals surface area contributed by atoms with Crippen molar-refractivity contribution in [2.75, 3.05) is 7.11 Å². The molecular formula is C13H16O3. The summed E-state index contributed by atoms with van der Waals surface area (Å²) >= 11 is 0. The molecule has 1 unspecified atom stereocenters. The van der Waals surface area contributed by atoms with Crippen LogP contribution in [0.4, 0.5) is 4.79 Å². The molecule has 0 fully saturated rings. The molecule has 0 aliphatic heterocycles. The highest BCUT2D eigenvalue weighted by atomic mass is 16.7. The molecule has 16 heavy (non-hydrogen) atoms. The molecule has 3 heteroatoms. The monoisotopic (exact) mass is 220 g/mol. The fraction of sp³-hybridized carbons (Fsp3) is 0.462. The van der Waals surface area contributed by atoms with Crippen molar-refractivity contribution in [3.8, 4) is 0 Å². The van der Waals surface area contributed by atoms with Crippen LogP contribution in [0.3, 0.4) is 0 Å². The maximum atomic E-state index is 11.1. The number of carbonyl (C=O) groups is 1. The summed E-state index contributed by atoms with van der Waals surface area (Å²) in [6.45, 7) is 4.01. The molecule has 0 heterocycles. The van der Waals surface area contributed by atoms with Gasteiger partial charge in [-0.25, -0.2) is 4.79 Å². The van der Waals surface area contributed by atoms with Crippen LogP contribution in [0.2, 0.25) is 0 Å². The van der Waals surface area contributed by atoms with Crippen LogP contribution in [0.15, 0.2) is 18.2 Å². The normalized spacial score (nSPS) is 22.7. The Balaban J connectivity index is 2.17. The molecule has 0 saturated carbocycles. The minimum absolute atomic E-state index is 0.455. The first-order valence-electron chi connectivity index (χ1n) is 5.38. The Hall–Kier alpha value is -1.51. The van der Waals surface area contributed by atoms with E-state index in [1.54, 1.807) is 0 Å². The number of aryl methyl sites for hydroxylation is 1. The van der Waals surface area contributed by atoms with E-state index in [2.05, 4.69) is 29.9 Å². The quantitative estimate of drug-likeness (QED) is 0.682. The second kappa shape index (κ2) is 3.81. The smallest absolute Gasteiger partial charge is 0.438 e. The van der Waals surface area contributed by atoms with Gasteiger partial charge in [-0.05, 0) is 25.0 Å². The molecular weight excluding hydrogens is 204 g/mol. The van der Waals surface area contributed by atoms with Gasteiger partial charge in [-0.1, -0.05) is 23.8 Å². The molecule has 0 saturated heterocycles. The topological polar surface area (TPSA) is 35.5 Å². The fourth-order valence-electron chi connectivity index (χ4n) is 2.27. The van der Waals surface area contributed by atoms with Crippen molar-refractivity contribution >= 4 is 6.16 Å². The van der Waals surface area contributed by atoms with E-state index in [1.165, 1.54) is 23.8 Å². The van der Waals surface area contributed by atoms with E-state index in [0.29, 0.717) is 0 Å². The highest BCUT2D eigenvalue weighted by Gasteiger charge is 2.36. The number of fused-ring (bicyclic) bond motifs is 1. The van der Waals surface area contributed by atoms with Crippen LogP contribution in [0.25, 0.3) is 0 Å². The zero-order valence-corrected chi connectivity index (χ0v) is 9.87. The number of hydrogen-bond donors (Lipinski definition) is 0. The van der Waals surface area contributed by atoms with Crippen LogP contribution < -0.4 is 0 Å². The van der Waals surface area contributed by atoms with Gasteiger partial charge in [-0.3, -0.25) is 0 Å². The van der Waals surface area contributed by atoms with Gasteiger partial charge in [0, 0.05) is 12.8 Å². The number of ether oxygens (including phenoxy) is 2. The van der Waals surface area contributed by atoms with Gasteiger partial charge in [0.1, 0.15) is 5.60 Å². The van der Waals surface area contributed by atoms with Crippen molar-refractivity contribution in [1.29, 1.82) is 0 Å². The van der Waals surface area contributed by atoms with E-state index >= 15 is 0 Å². The summed E-state index contributed by atoms with van der Waals surface area (Å²) in [5.41, 5.74) is 3.31. The van der Waals surface area contributed by atoms with Crippen LogP contribution in [-0.2, 0) is 22.3 Å². The zero-order valence-electron chi connectivity index (χ0n) is 9.87. The molecule has 2 rings (SSSR count). The standard InChI is InChI=1S/C13H16O3/c1-9-4-5-10-7-13(2,8-11(10)6-9)16-12(14)15-3/h4-6H,7-8H2,1-3H3. The largest absolute Gasteiger partial charge is 0.508 e. The minimum atomic E-state index is -0.605. The van der Waals surface area contributed by atoms with E-state index in [1.807, 2.05) is 6.92 Å². The maximum Gasteiger partial charge on any atom is 0.508 e. The molecule has 0 radical (unpaired) electrons. The number of rotatable bonds is 1. The molecule has 0 bridgehead atoms. The Kier molecular flexibility index (Phi) is 2.62. The first-order valence-corrected chi connectivity index (χ1v) is 5.38. The molecule has 0 aromatic heterocycles. The van der Waals surface area contributed by atoms with Gasteiger partial charge >= 0.3 is 6.16 Å². The van der Waals surface area contributed by atoms with E-state index in [0.717, 1.165) is 12.8 Å². The molecule has 1 aromatic rings. The first-order chi connectivity index (χ1) is 7.52. The summed E-state index contributed by atoms with van der Waals surface area (Å²) in [6.07, 6.45) is 0.920. The third kappa shape index (κ3) is 2.03. The molecule has 0 N–H and O–H groups in total. The summed E-state index contributed by atoms with van der Waals surface area (Å²) < 4.78 is 9.85. The molecule has 3 nitrogen and oxygen atoms in total. The SMILES string of the molecule is COC(=O)OC1(C)Cc2ccc(C)cc2C1. The molecule has 1 aliphatic rings.